The Morgan fingerprint density at radius 3 is 2.63 bits per heavy atom. The van der Waals surface area contributed by atoms with Crippen LogP contribution in [0.1, 0.15) is 5.69 Å². The Bertz CT molecular complexity index is 587. The number of hydrogen-bond donors (Lipinski definition) is 2. The summed E-state index contributed by atoms with van der Waals surface area (Å²) in [6.07, 6.45) is 0. The lowest BCUT2D eigenvalue weighted by Crippen LogP contribution is -2.01. The number of hydrogen-bond acceptors (Lipinski definition) is 6. The van der Waals surface area contributed by atoms with Gasteiger partial charge in [-0.05, 0) is 18.2 Å². The third kappa shape index (κ3) is 2.92. The third-order valence-electron chi connectivity index (χ3n) is 2.53. The SMILES string of the molecule is COCc1cc(N)nc(-c2ccc(OC)c(O)c2)n1. The summed E-state index contributed by atoms with van der Waals surface area (Å²) in [6.45, 7) is 0.349. The van der Waals surface area contributed by atoms with Crippen LogP contribution in [-0.4, -0.2) is 29.3 Å². The monoisotopic (exact) mass is 261 g/mol. The standard InChI is InChI=1S/C13H15N3O3/c1-18-7-9-6-12(14)16-13(15-9)8-3-4-11(19-2)10(17)5-8/h3-6,17H,7H2,1-2H3,(H2,14,15,16). The summed E-state index contributed by atoms with van der Waals surface area (Å²) in [7, 11) is 3.07. The molecule has 0 fully saturated rings. The predicted octanol–water partition coefficient (Wildman–Crippen LogP) is 1.59. The van der Waals surface area contributed by atoms with Gasteiger partial charge >= 0.3 is 0 Å². The van der Waals surface area contributed by atoms with Gasteiger partial charge in [0.25, 0.3) is 0 Å². The van der Waals surface area contributed by atoms with Gasteiger partial charge in [0.05, 0.1) is 19.4 Å². The molecular weight excluding hydrogens is 246 g/mol. The average Bonchev–Trinajstić information content (AvgIpc) is 2.38. The molecule has 0 radical (unpaired) electrons. The molecule has 0 bridgehead atoms. The molecule has 0 aliphatic heterocycles. The molecule has 6 nitrogen and oxygen atoms in total. The van der Waals surface area contributed by atoms with Gasteiger partial charge in [0.2, 0.25) is 0 Å². The van der Waals surface area contributed by atoms with Crippen molar-refractivity contribution in [1.29, 1.82) is 0 Å². The molecule has 3 N–H and O–H groups in total. The fourth-order valence-corrected chi connectivity index (χ4v) is 1.70. The first-order valence-electron chi connectivity index (χ1n) is 5.63. The number of phenolic OH excluding ortho intramolecular Hbond substituents is 1. The fraction of sp³-hybridized carbons (Fsp3) is 0.231. The number of nitrogen functional groups attached to an aromatic ring is 1. The summed E-state index contributed by atoms with van der Waals surface area (Å²) in [4.78, 5) is 8.46. The Morgan fingerprint density at radius 2 is 2.00 bits per heavy atom. The lowest BCUT2D eigenvalue weighted by molar-refractivity contribution is 0.181. The predicted molar refractivity (Wildman–Crippen MR) is 70.8 cm³/mol. The molecule has 2 rings (SSSR count). The van der Waals surface area contributed by atoms with E-state index in [1.165, 1.54) is 13.2 Å². The van der Waals surface area contributed by atoms with Crippen molar-refractivity contribution < 1.29 is 14.6 Å². The first-order chi connectivity index (χ1) is 9.13. The number of ether oxygens (including phenoxy) is 2. The van der Waals surface area contributed by atoms with E-state index in [0.717, 1.165) is 0 Å². The van der Waals surface area contributed by atoms with E-state index in [4.69, 9.17) is 15.2 Å². The summed E-state index contributed by atoms with van der Waals surface area (Å²) >= 11 is 0. The number of benzene rings is 1. The maximum atomic E-state index is 9.76. The number of aromatic hydroxyl groups is 1. The Kier molecular flexibility index (Phi) is 3.82. The molecule has 6 heteroatoms. The molecule has 19 heavy (non-hydrogen) atoms. The van der Waals surface area contributed by atoms with Crippen LogP contribution < -0.4 is 10.5 Å². The zero-order valence-corrected chi connectivity index (χ0v) is 10.8. The molecule has 0 aliphatic rings. The highest BCUT2D eigenvalue weighted by atomic mass is 16.5. The van der Waals surface area contributed by atoms with Crippen LogP contribution in [0.2, 0.25) is 0 Å². The molecule has 1 aromatic heterocycles. The van der Waals surface area contributed by atoms with E-state index in [-0.39, 0.29) is 5.75 Å². The zero-order chi connectivity index (χ0) is 13.8. The van der Waals surface area contributed by atoms with Gasteiger partial charge in [0.15, 0.2) is 17.3 Å². The van der Waals surface area contributed by atoms with Gasteiger partial charge in [0.1, 0.15) is 5.82 Å². The number of phenols is 1. The van der Waals surface area contributed by atoms with Crippen molar-refractivity contribution in [2.24, 2.45) is 0 Å². The molecule has 0 atom stereocenters. The lowest BCUT2D eigenvalue weighted by atomic mass is 10.2. The summed E-state index contributed by atoms with van der Waals surface area (Å²) in [5.74, 6) is 1.21. The third-order valence-corrected chi connectivity index (χ3v) is 2.53. The van der Waals surface area contributed by atoms with E-state index in [1.54, 1.807) is 25.3 Å². The molecule has 0 aliphatic carbocycles. The number of nitrogens with zero attached hydrogens (tertiary/aromatic N) is 2. The van der Waals surface area contributed by atoms with Crippen LogP contribution in [0.3, 0.4) is 0 Å². The summed E-state index contributed by atoms with van der Waals surface area (Å²) in [5, 5.41) is 9.76. The van der Waals surface area contributed by atoms with Gasteiger partial charge in [-0.1, -0.05) is 0 Å². The molecule has 100 valence electrons. The quantitative estimate of drug-likeness (QED) is 0.868. The van der Waals surface area contributed by atoms with Crippen LogP contribution >= 0.6 is 0 Å². The van der Waals surface area contributed by atoms with Crippen LogP contribution in [0.5, 0.6) is 11.5 Å². The van der Waals surface area contributed by atoms with Crippen LogP contribution in [0.4, 0.5) is 5.82 Å². The molecule has 0 spiro atoms. The second-order valence-electron chi connectivity index (χ2n) is 3.93. The van der Waals surface area contributed by atoms with Crippen LogP contribution in [0.25, 0.3) is 11.4 Å². The van der Waals surface area contributed by atoms with Gasteiger partial charge < -0.3 is 20.3 Å². The molecule has 2 aromatic rings. The zero-order valence-electron chi connectivity index (χ0n) is 10.8. The van der Waals surface area contributed by atoms with E-state index >= 15 is 0 Å². The van der Waals surface area contributed by atoms with Crippen LogP contribution in [-0.2, 0) is 11.3 Å². The van der Waals surface area contributed by atoms with Gasteiger partial charge in [0, 0.05) is 18.7 Å². The normalized spacial score (nSPS) is 10.4. The van der Waals surface area contributed by atoms with Gasteiger partial charge in [-0.15, -0.1) is 0 Å². The minimum atomic E-state index is 0.0271. The summed E-state index contributed by atoms with van der Waals surface area (Å²) in [5.41, 5.74) is 7.06. The van der Waals surface area contributed by atoms with E-state index < -0.39 is 0 Å². The second-order valence-corrected chi connectivity index (χ2v) is 3.93. The van der Waals surface area contributed by atoms with Crippen molar-refractivity contribution in [2.75, 3.05) is 20.0 Å². The number of nitrogens with two attached hydrogens (primary N) is 1. The number of methoxy groups -OCH3 is 2. The highest BCUT2D eigenvalue weighted by molar-refractivity contribution is 5.62. The highest BCUT2D eigenvalue weighted by Crippen LogP contribution is 2.30. The Labute approximate surface area is 110 Å². The highest BCUT2D eigenvalue weighted by Gasteiger charge is 2.09. The van der Waals surface area contributed by atoms with E-state index in [1.807, 2.05) is 0 Å². The Hall–Kier alpha value is -2.34. The molecule has 1 aromatic carbocycles. The van der Waals surface area contributed by atoms with Crippen molar-refractivity contribution >= 4 is 5.82 Å². The van der Waals surface area contributed by atoms with E-state index in [2.05, 4.69) is 9.97 Å². The number of aromatic nitrogens is 2. The van der Waals surface area contributed by atoms with Gasteiger partial charge in [-0.2, -0.15) is 0 Å². The molecule has 1 heterocycles. The number of rotatable bonds is 4. The smallest absolute Gasteiger partial charge is 0.161 e. The van der Waals surface area contributed by atoms with Crippen molar-refractivity contribution in [3.05, 3.63) is 30.0 Å². The van der Waals surface area contributed by atoms with Crippen molar-refractivity contribution in [3.63, 3.8) is 0 Å². The van der Waals surface area contributed by atoms with E-state index in [9.17, 15) is 5.11 Å². The molecule has 0 unspecified atom stereocenters. The summed E-state index contributed by atoms with van der Waals surface area (Å²) in [6, 6.07) is 6.58. The van der Waals surface area contributed by atoms with Crippen LogP contribution in [0, 0.1) is 0 Å². The van der Waals surface area contributed by atoms with Gasteiger partial charge in [-0.25, -0.2) is 9.97 Å². The molecule has 0 amide bonds. The first kappa shape index (κ1) is 13.1. The maximum Gasteiger partial charge on any atom is 0.161 e. The fourth-order valence-electron chi connectivity index (χ4n) is 1.70. The minimum absolute atomic E-state index is 0.0271. The average molecular weight is 261 g/mol. The van der Waals surface area contributed by atoms with Crippen molar-refractivity contribution in [2.45, 2.75) is 6.61 Å². The largest absolute Gasteiger partial charge is 0.504 e. The van der Waals surface area contributed by atoms with Crippen LogP contribution in [0.15, 0.2) is 24.3 Å². The maximum absolute atomic E-state index is 9.76. The molecular formula is C13H15N3O3. The Morgan fingerprint density at radius 1 is 1.21 bits per heavy atom. The van der Waals surface area contributed by atoms with Crippen molar-refractivity contribution in [1.82, 2.24) is 9.97 Å². The Balaban J connectivity index is 2.43. The second kappa shape index (κ2) is 5.53. The molecule has 0 saturated carbocycles. The first-order valence-corrected chi connectivity index (χ1v) is 5.63. The molecule has 0 saturated heterocycles. The van der Waals surface area contributed by atoms with Crippen molar-refractivity contribution in [3.8, 4) is 22.9 Å². The summed E-state index contributed by atoms with van der Waals surface area (Å²) < 4.78 is 10.0. The van der Waals surface area contributed by atoms with E-state index in [0.29, 0.717) is 35.3 Å². The number of anilines is 1. The topological polar surface area (TPSA) is 90.5 Å². The lowest BCUT2D eigenvalue weighted by Gasteiger charge is -2.07. The van der Waals surface area contributed by atoms with Gasteiger partial charge in [-0.3, -0.25) is 0 Å². The minimum Gasteiger partial charge on any atom is -0.504 e.